The number of hydrogen-bond acceptors (Lipinski definition) is 4. The lowest BCUT2D eigenvalue weighted by molar-refractivity contribution is -0.114. The Morgan fingerprint density at radius 1 is 1.24 bits per heavy atom. The fourth-order valence-corrected chi connectivity index (χ4v) is 3.38. The van der Waals surface area contributed by atoms with Crippen LogP contribution >= 0.6 is 15.9 Å². The zero-order valence-electron chi connectivity index (χ0n) is 14.1. The second kappa shape index (κ2) is 7.88. The van der Waals surface area contributed by atoms with Gasteiger partial charge < -0.3 is 10.1 Å². The molecule has 0 aliphatic rings. The molecule has 134 valence electrons. The van der Waals surface area contributed by atoms with E-state index in [0.29, 0.717) is 17.1 Å². The number of aryl methyl sites for hydroxylation is 1. The second-order valence-corrected chi connectivity index (χ2v) is 8.21. The Balaban J connectivity index is 2.25. The number of para-hydroxylation sites is 2. The first-order chi connectivity index (χ1) is 11.7. The van der Waals surface area contributed by atoms with Crippen LogP contribution in [0.2, 0.25) is 0 Å². The smallest absolute Gasteiger partial charge is 0.245 e. The normalized spacial score (nSPS) is 11.0. The average Bonchev–Trinajstić information content (AvgIpc) is 2.55. The van der Waals surface area contributed by atoms with Crippen molar-refractivity contribution in [1.82, 2.24) is 0 Å². The molecule has 0 spiro atoms. The summed E-state index contributed by atoms with van der Waals surface area (Å²) in [6.07, 6.45) is 1.05. The standard InChI is InChI=1S/C17H19BrN2O4S/c1-12-10-13(8-9-14(12)18)19-17(21)11-20(25(3,22)23)15-6-4-5-7-16(15)24-2/h4-10H,11H2,1-3H3,(H,19,21). The first kappa shape index (κ1) is 19.3. The van der Waals surface area contributed by atoms with Gasteiger partial charge in [0.05, 0.1) is 19.1 Å². The fourth-order valence-electron chi connectivity index (χ4n) is 2.27. The largest absolute Gasteiger partial charge is 0.495 e. The summed E-state index contributed by atoms with van der Waals surface area (Å²) in [5, 5.41) is 2.71. The molecular weight excluding hydrogens is 408 g/mol. The third-order valence-electron chi connectivity index (χ3n) is 3.48. The van der Waals surface area contributed by atoms with Crippen molar-refractivity contribution in [3.8, 4) is 5.75 Å². The number of rotatable bonds is 6. The van der Waals surface area contributed by atoms with Crippen molar-refractivity contribution in [2.75, 3.05) is 29.5 Å². The van der Waals surface area contributed by atoms with Gasteiger partial charge in [-0.15, -0.1) is 0 Å². The molecule has 0 radical (unpaired) electrons. The lowest BCUT2D eigenvalue weighted by atomic mass is 10.2. The lowest BCUT2D eigenvalue weighted by Gasteiger charge is -2.23. The molecule has 0 unspecified atom stereocenters. The fraction of sp³-hybridized carbons (Fsp3) is 0.235. The van der Waals surface area contributed by atoms with E-state index in [4.69, 9.17) is 4.74 Å². The maximum absolute atomic E-state index is 12.4. The predicted octanol–water partition coefficient (Wildman–Crippen LogP) is 3.17. The van der Waals surface area contributed by atoms with E-state index in [2.05, 4.69) is 21.2 Å². The van der Waals surface area contributed by atoms with Crippen LogP contribution in [0.5, 0.6) is 5.75 Å². The molecule has 0 atom stereocenters. The molecule has 2 aromatic carbocycles. The van der Waals surface area contributed by atoms with Gasteiger partial charge in [0.25, 0.3) is 0 Å². The molecule has 0 bridgehead atoms. The molecular formula is C17H19BrN2O4S. The van der Waals surface area contributed by atoms with Crippen molar-refractivity contribution in [1.29, 1.82) is 0 Å². The summed E-state index contributed by atoms with van der Waals surface area (Å²) in [4.78, 5) is 12.4. The minimum absolute atomic E-state index is 0.314. The highest BCUT2D eigenvalue weighted by atomic mass is 79.9. The van der Waals surface area contributed by atoms with Crippen LogP contribution < -0.4 is 14.4 Å². The minimum Gasteiger partial charge on any atom is -0.495 e. The number of amides is 1. The van der Waals surface area contributed by atoms with E-state index in [1.54, 1.807) is 36.4 Å². The summed E-state index contributed by atoms with van der Waals surface area (Å²) in [6.45, 7) is 1.55. The number of sulfonamides is 1. The van der Waals surface area contributed by atoms with Gasteiger partial charge in [0, 0.05) is 10.2 Å². The summed E-state index contributed by atoms with van der Waals surface area (Å²) in [5.41, 5.74) is 1.87. The third-order valence-corrected chi connectivity index (χ3v) is 5.50. The molecule has 0 saturated heterocycles. The zero-order valence-corrected chi connectivity index (χ0v) is 16.5. The number of methoxy groups -OCH3 is 1. The molecule has 1 amide bonds. The van der Waals surface area contributed by atoms with Gasteiger partial charge in [0.15, 0.2) is 0 Å². The van der Waals surface area contributed by atoms with E-state index in [9.17, 15) is 13.2 Å². The van der Waals surface area contributed by atoms with Gasteiger partial charge >= 0.3 is 0 Å². The van der Waals surface area contributed by atoms with Crippen molar-refractivity contribution in [3.05, 3.63) is 52.5 Å². The number of nitrogens with zero attached hydrogens (tertiary/aromatic N) is 1. The molecule has 0 fully saturated rings. The topological polar surface area (TPSA) is 75.7 Å². The zero-order chi connectivity index (χ0) is 18.6. The van der Waals surface area contributed by atoms with Crippen LogP contribution in [0.1, 0.15) is 5.56 Å². The summed E-state index contributed by atoms with van der Waals surface area (Å²) in [7, 11) is -2.22. The summed E-state index contributed by atoms with van der Waals surface area (Å²) >= 11 is 3.39. The first-order valence-corrected chi connectivity index (χ1v) is 10.0. The van der Waals surface area contributed by atoms with E-state index in [-0.39, 0.29) is 6.54 Å². The number of nitrogens with one attached hydrogen (secondary N) is 1. The van der Waals surface area contributed by atoms with Crippen LogP contribution in [0.15, 0.2) is 46.9 Å². The Bertz CT molecular complexity index is 884. The molecule has 0 aliphatic carbocycles. The van der Waals surface area contributed by atoms with Crippen LogP contribution in [0.25, 0.3) is 0 Å². The van der Waals surface area contributed by atoms with Gasteiger partial charge in [-0.25, -0.2) is 8.42 Å². The van der Waals surface area contributed by atoms with Crippen LogP contribution in [0.3, 0.4) is 0 Å². The number of anilines is 2. The Morgan fingerprint density at radius 3 is 2.52 bits per heavy atom. The number of halogens is 1. The Hall–Kier alpha value is -2.06. The van der Waals surface area contributed by atoms with Crippen LogP contribution in [-0.2, 0) is 14.8 Å². The van der Waals surface area contributed by atoms with Crippen LogP contribution in [0.4, 0.5) is 11.4 Å². The van der Waals surface area contributed by atoms with Gasteiger partial charge in [0.2, 0.25) is 15.9 Å². The SMILES string of the molecule is COc1ccccc1N(CC(=O)Nc1ccc(Br)c(C)c1)S(C)(=O)=O. The van der Waals surface area contributed by atoms with E-state index in [1.807, 2.05) is 13.0 Å². The molecule has 2 aromatic rings. The van der Waals surface area contributed by atoms with Crippen molar-refractivity contribution in [3.63, 3.8) is 0 Å². The predicted molar refractivity (Wildman–Crippen MR) is 103 cm³/mol. The maximum Gasteiger partial charge on any atom is 0.245 e. The Labute approximate surface area is 156 Å². The molecule has 2 rings (SSSR count). The highest BCUT2D eigenvalue weighted by Gasteiger charge is 2.23. The number of ether oxygens (including phenoxy) is 1. The molecule has 25 heavy (non-hydrogen) atoms. The number of benzene rings is 2. The number of hydrogen-bond donors (Lipinski definition) is 1. The Morgan fingerprint density at radius 2 is 1.92 bits per heavy atom. The molecule has 6 nitrogen and oxygen atoms in total. The molecule has 0 aromatic heterocycles. The van der Waals surface area contributed by atoms with E-state index >= 15 is 0 Å². The van der Waals surface area contributed by atoms with Crippen molar-refractivity contribution < 1.29 is 17.9 Å². The van der Waals surface area contributed by atoms with Gasteiger partial charge in [-0.3, -0.25) is 9.10 Å². The molecule has 1 N–H and O–H groups in total. The van der Waals surface area contributed by atoms with Crippen molar-refractivity contribution in [2.24, 2.45) is 0 Å². The average molecular weight is 427 g/mol. The van der Waals surface area contributed by atoms with Crippen LogP contribution in [-0.4, -0.2) is 34.2 Å². The third kappa shape index (κ3) is 4.96. The van der Waals surface area contributed by atoms with Gasteiger partial charge in [-0.1, -0.05) is 28.1 Å². The van der Waals surface area contributed by atoms with E-state index in [0.717, 1.165) is 20.6 Å². The molecule has 0 saturated carbocycles. The van der Waals surface area contributed by atoms with Crippen molar-refractivity contribution in [2.45, 2.75) is 6.92 Å². The summed E-state index contributed by atoms with van der Waals surface area (Å²) < 4.78 is 31.5. The number of carbonyl (C=O) groups excluding carboxylic acids is 1. The summed E-state index contributed by atoms with van der Waals surface area (Å²) in [6, 6.07) is 12.0. The minimum atomic E-state index is -3.67. The molecule has 0 heterocycles. The summed E-state index contributed by atoms with van der Waals surface area (Å²) in [5.74, 6) is -0.0711. The Kier molecular flexibility index (Phi) is 6.07. The maximum atomic E-state index is 12.4. The highest BCUT2D eigenvalue weighted by Crippen LogP contribution is 2.29. The highest BCUT2D eigenvalue weighted by molar-refractivity contribution is 9.10. The first-order valence-electron chi connectivity index (χ1n) is 7.39. The van der Waals surface area contributed by atoms with Gasteiger partial charge in [0.1, 0.15) is 12.3 Å². The molecule has 8 heteroatoms. The monoisotopic (exact) mass is 426 g/mol. The molecule has 0 aliphatic heterocycles. The second-order valence-electron chi connectivity index (χ2n) is 5.45. The van der Waals surface area contributed by atoms with Crippen LogP contribution in [0, 0.1) is 6.92 Å². The lowest BCUT2D eigenvalue weighted by Crippen LogP contribution is -2.37. The van der Waals surface area contributed by atoms with Gasteiger partial charge in [-0.2, -0.15) is 0 Å². The number of carbonyl (C=O) groups is 1. The van der Waals surface area contributed by atoms with E-state index in [1.165, 1.54) is 7.11 Å². The van der Waals surface area contributed by atoms with Crippen molar-refractivity contribution >= 4 is 43.2 Å². The van der Waals surface area contributed by atoms with E-state index < -0.39 is 15.9 Å². The quantitative estimate of drug-likeness (QED) is 0.769. The van der Waals surface area contributed by atoms with Gasteiger partial charge in [-0.05, 0) is 42.8 Å².